The highest BCUT2D eigenvalue weighted by molar-refractivity contribution is 7.99. The van der Waals surface area contributed by atoms with E-state index in [9.17, 15) is 4.79 Å². The second-order valence-corrected chi connectivity index (χ2v) is 8.28. The Morgan fingerprint density at radius 2 is 1.44 bits per heavy atom. The first-order valence-corrected chi connectivity index (χ1v) is 11.9. The predicted octanol–water partition coefficient (Wildman–Crippen LogP) is 5.44. The van der Waals surface area contributed by atoms with Crippen molar-refractivity contribution < 1.29 is 14.3 Å². The van der Waals surface area contributed by atoms with Gasteiger partial charge in [-0.15, -0.1) is 10.2 Å². The molecular weight excluding hydrogens is 448 g/mol. The van der Waals surface area contributed by atoms with Crippen LogP contribution in [0.2, 0.25) is 0 Å². The number of para-hydroxylation sites is 2. The van der Waals surface area contributed by atoms with E-state index in [-0.39, 0.29) is 11.7 Å². The fourth-order valence-corrected chi connectivity index (χ4v) is 4.46. The van der Waals surface area contributed by atoms with Crippen LogP contribution in [0.25, 0.3) is 11.4 Å². The maximum absolute atomic E-state index is 13.4. The van der Waals surface area contributed by atoms with Crippen LogP contribution in [0.15, 0.2) is 84.0 Å². The third-order valence-corrected chi connectivity index (χ3v) is 6.20. The van der Waals surface area contributed by atoms with Crippen molar-refractivity contribution in [3.8, 4) is 22.9 Å². The van der Waals surface area contributed by atoms with E-state index in [2.05, 4.69) is 10.2 Å². The summed E-state index contributed by atoms with van der Waals surface area (Å²) in [5, 5.41) is 9.45. The first-order chi connectivity index (χ1) is 16.6. The SMILES string of the molecule is CCn1c(SCC(=O)N(c2ccccc2)c2ccccc2)nnc1-c1cc(OC)cc(OC)c1. The van der Waals surface area contributed by atoms with Crippen molar-refractivity contribution in [3.05, 3.63) is 78.9 Å². The van der Waals surface area contributed by atoms with E-state index in [1.165, 1.54) is 11.8 Å². The van der Waals surface area contributed by atoms with Gasteiger partial charge < -0.3 is 14.0 Å². The summed E-state index contributed by atoms with van der Waals surface area (Å²) in [6.45, 7) is 2.68. The molecule has 0 radical (unpaired) electrons. The summed E-state index contributed by atoms with van der Waals surface area (Å²) in [5.41, 5.74) is 2.47. The second-order valence-electron chi connectivity index (χ2n) is 7.34. The van der Waals surface area contributed by atoms with Crippen LogP contribution in [0.3, 0.4) is 0 Å². The molecule has 0 saturated heterocycles. The molecule has 4 rings (SSSR count). The maximum Gasteiger partial charge on any atom is 0.242 e. The monoisotopic (exact) mass is 474 g/mol. The number of nitrogens with zero attached hydrogens (tertiary/aromatic N) is 4. The number of ether oxygens (including phenoxy) is 2. The van der Waals surface area contributed by atoms with Crippen LogP contribution >= 0.6 is 11.8 Å². The van der Waals surface area contributed by atoms with E-state index in [4.69, 9.17) is 9.47 Å². The number of hydrogen-bond donors (Lipinski definition) is 0. The number of carbonyl (C=O) groups is 1. The van der Waals surface area contributed by atoms with Crippen molar-refractivity contribution >= 4 is 29.0 Å². The molecular formula is C26H26N4O3S. The summed E-state index contributed by atoms with van der Waals surface area (Å²) < 4.78 is 12.8. The van der Waals surface area contributed by atoms with Gasteiger partial charge in [0.15, 0.2) is 11.0 Å². The summed E-state index contributed by atoms with van der Waals surface area (Å²) in [6.07, 6.45) is 0. The Bertz CT molecular complexity index is 1180. The smallest absolute Gasteiger partial charge is 0.242 e. The topological polar surface area (TPSA) is 69.5 Å². The minimum Gasteiger partial charge on any atom is -0.497 e. The van der Waals surface area contributed by atoms with E-state index in [0.717, 1.165) is 16.9 Å². The van der Waals surface area contributed by atoms with Crippen molar-refractivity contribution in [1.82, 2.24) is 14.8 Å². The molecule has 174 valence electrons. The van der Waals surface area contributed by atoms with Gasteiger partial charge in [0.05, 0.1) is 20.0 Å². The summed E-state index contributed by atoms with van der Waals surface area (Å²) in [5.74, 6) is 2.20. The van der Waals surface area contributed by atoms with Gasteiger partial charge in [-0.2, -0.15) is 0 Å². The molecule has 0 saturated carbocycles. The van der Waals surface area contributed by atoms with E-state index in [1.807, 2.05) is 90.4 Å². The number of carbonyl (C=O) groups excluding carboxylic acids is 1. The van der Waals surface area contributed by atoms with Gasteiger partial charge in [-0.05, 0) is 43.3 Å². The Hall–Kier alpha value is -3.78. The molecule has 8 heteroatoms. The number of methoxy groups -OCH3 is 2. The first kappa shape index (κ1) is 23.4. The van der Waals surface area contributed by atoms with Crippen molar-refractivity contribution in [3.63, 3.8) is 0 Å². The third kappa shape index (κ3) is 5.07. The van der Waals surface area contributed by atoms with E-state index < -0.39 is 0 Å². The van der Waals surface area contributed by atoms with Crippen LogP contribution in [0.5, 0.6) is 11.5 Å². The highest BCUT2D eigenvalue weighted by atomic mass is 32.2. The van der Waals surface area contributed by atoms with Gasteiger partial charge in [0, 0.05) is 29.5 Å². The Balaban J connectivity index is 1.59. The zero-order valence-electron chi connectivity index (χ0n) is 19.3. The standard InChI is InChI=1S/C26H26N4O3S/c1-4-29-25(19-15-22(32-2)17-23(16-19)33-3)27-28-26(29)34-18-24(31)30(20-11-7-5-8-12-20)21-13-9-6-10-14-21/h5-17H,4,18H2,1-3H3. The molecule has 0 bridgehead atoms. The number of benzene rings is 3. The molecule has 0 N–H and O–H groups in total. The number of rotatable bonds is 9. The fourth-order valence-electron chi connectivity index (χ4n) is 3.61. The van der Waals surface area contributed by atoms with Crippen molar-refractivity contribution in [2.24, 2.45) is 0 Å². The molecule has 0 spiro atoms. The lowest BCUT2D eigenvalue weighted by molar-refractivity contribution is -0.115. The summed E-state index contributed by atoms with van der Waals surface area (Å²) in [4.78, 5) is 15.1. The van der Waals surface area contributed by atoms with E-state index in [0.29, 0.717) is 29.0 Å². The Morgan fingerprint density at radius 3 is 1.94 bits per heavy atom. The van der Waals surface area contributed by atoms with Crippen molar-refractivity contribution in [1.29, 1.82) is 0 Å². The van der Waals surface area contributed by atoms with Gasteiger partial charge in [0.1, 0.15) is 11.5 Å². The van der Waals surface area contributed by atoms with E-state index in [1.54, 1.807) is 19.1 Å². The zero-order chi connectivity index (χ0) is 23.9. The van der Waals surface area contributed by atoms with Crippen LogP contribution in [-0.2, 0) is 11.3 Å². The van der Waals surface area contributed by atoms with Gasteiger partial charge in [-0.1, -0.05) is 48.2 Å². The molecule has 1 amide bonds. The highest BCUT2D eigenvalue weighted by Crippen LogP contribution is 2.32. The number of aromatic nitrogens is 3. The molecule has 0 fully saturated rings. The zero-order valence-corrected chi connectivity index (χ0v) is 20.2. The second kappa shape index (κ2) is 10.9. The van der Waals surface area contributed by atoms with Gasteiger partial charge in [-0.25, -0.2) is 0 Å². The maximum atomic E-state index is 13.4. The molecule has 1 heterocycles. The third-order valence-electron chi connectivity index (χ3n) is 5.25. The Labute approximate surface area is 203 Å². The lowest BCUT2D eigenvalue weighted by Gasteiger charge is -2.23. The Morgan fingerprint density at radius 1 is 0.882 bits per heavy atom. The average Bonchev–Trinajstić information content (AvgIpc) is 3.31. The van der Waals surface area contributed by atoms with Crippen molar-refractivity contribution in [2.75, 3.05) is 24.9 Å². The molecule has 0 unspecified atom stereocenters. The van der Waals surface area contributed by atoms with Gasteiger partial charge >= 0.3 is 0 Å². The number of amides is 1. The van der Waals surface area contributed by atoms with Gasteiger partial charge in [0.2, 0.25) is 5.91 Å². The van der Waals surface area contributed by atoms with Crippen LogP contribution in [0, 0.1) is 0 Å². The molecule has 7 nitrogen and oxygen atoms in total. The molecule has 1 aromatic heterocycles. The number of thioether (sulfide) groups is 1. The van der Waals surface area contributed by atoms with Crippen LogP contribution < -0.4 is 14.4 Å². The molecule has 0 aliphatic carbocycles. The molecule has 0 aliphatic rings. The normalized spacial score (nSPS) is 10.7. The van der Waals surface area contributed by atoms with Crippen LogP contribution in [0.1, 0.15) is 6.92 Å². The fraction of sp³-hybridized carbons (Fsp3) is 0.192. The van der Waals surface area contributed by atoms with Gasteiger partial charge in [0.25, 0.3) is 0 Å². The molecule has 0 aliphatic heterocycles. The molecule has 34 heavy (non-hydrogen) atoms. The average molecular weight is 475 g/mol. The molecule has 3 aromatic carbocycles. The predicted molar refractivity (Wildman–Crippen MR) is 135 cm³/mol. The minimum absolute atomic E-state index is 0.0438. The number of hydrogen-bond acceptors (Lipinski definition) is 6. The first-order valence-electron chi connectivity index (χ1n) is 10.9. The lowest BCUT2D eigenvalue weighted by Crippen LogP contribution is -2.27. The van der Waals surface area contributed by atoms with E-state index >= 15 is 0 Å². The molecule has 0 atom stereocenters. The van der Waals surface area contributed by atoms with Crippen molar-refractivity contribution in [2.45, 2.75) is 18.6 Å². The summed E-state index contributed by atoms with van der Waals surface area (Å²) in [7, 11) is 3.22. The largest absolute Gasteiger partial charge is 0.497 e. The van der Waals surface area contributed by atoms with Crippen LogP contribution in [0.4, 0.5) is 11.4 Å². The summed E-state index contributed by atoms with van der Waals surface area (Å²) >= 11 is 1.37. The number of anilines is 2. The minimum atomic E-state index is -0.0438. The van der Waals surface area contributed by atoms with Gasteiger partial charge in [-0.3, -0.25) is 9.69 Å². The lowest BCUT2D eigenvalue weighted by atomic mass is 10.2. The highest BCUT2D eigenvalue weighted by Gasteiger charge is 2.21. The Kier molecular flexibility index (Phi) is 7.49. The summed E-state index contributed by atoms with van der Waals surface area (Å²) in [6, 6.07) is 24.9. The van der Waals surface area contributed by atoms with Crippen LogP contribution in [-0.4, -0.2) is 40.6 Å². The molecule has 4 aromatic rings. The quantitative estimate of drug-likeness (QED) is 0.301.